The van der Waals surface area contributed by atoms with E-state index in [4.69, 9.17) is 4.74 Å². The van der Waals surface area contributed by atoms with E-state index >= 15 is 0 Å². The number of piperidine rings is 1. The fourth-order valence-electron chi connectivity index (χ4n) is 5.38. The van der Waals surface area contributed by atoms with Crippen LogP contribution in [-0.2, 0) is 21.4 Å². The van der Waals surface area contributed by atoms with Gasteiger partial charge in [-0.05, 0) is 55.0 Å². The molecular weight excluding hydrogens is 570 g/mol. The van der Waals surface area contributed by atoms with Gasteiger partial charge in [0.2, 0.25) is 10.0 Å². The van der Waals surface area contributed by atoms with E-state index in [9.17, 15) is 13.2 Å². The number of carbonyl (C=O) groups is 1. The number of ether oxygens (including phenoxy) is 1. The SMILES string of the molecule is C=CCN(C(=O)OCc1ccccc1)C1CCN(CC[C@@H](CN(C)S(=O)(=O)c2ccccc2)c2ccccc2)CC1.Cl. The van der Waals surface area contributed by atoms with Gasteiger partial charge in [-0.1, -0.05) is 84.9 Å². The molecule has 1 amide bonds. The van der Waals surface area contributed by atoms with Gasteiger partial charge in [-0.25, -0.2) is 17.5 Å². The first kappa shape index (κ1) is 33.3. The molecule has 9 heteroatoms. The van der Waals surface area contributed by atoms with E-state index in [2.05, 4.69) is 23.6 Å². The Labute approximate surface area is 257 Å². The second-order valence-corrected chi connectivity index (χ2v) is 12.6. The molecule has 1 fully saturated rings. The van der Waals surface area contributed by atoms with Crippen LogP contribution in [0.5, 0.6) is 0 Å². The van der Waals surface area contributed by atoms with Crippen molar-refractivity contribution in [2.24, 2.45) is 0 Å². The molecule has 1 saturated heterocycles. The fourth-order valence-corrected chi connectivity index (χ4v) is 6.61. The van der Waals surface area contributed by atoms with Gasteiger partial charge in [0.1, 0.15) is 6.61 Å². The summed E-state index contributed by atoms with van der Waals surface area (Å²) in [6.45, 7) is 7.53. The Balaban J connectivity index is 0.00000484. The molecule has 0 radical (unpaired) electrons. The van der Waals surface area contributed by atoms with Gasteiger partial charge in [0.05, 0.1) is 4.90 Å². The maximum Gasteiger partial charge on any atom is 0.410 e. The molecule has 0 aliphatic carbocycles. The zero-order chi connectivity index (χ0) is 29.1. The Morgan fingerprint density at radius 1 is 0.976 bits per heavy atom. The molecule has 4 rings (SSSR count). The van der Waals surface area contributed by atoms with Gasteiger partial charge >= 0.3 is 6.09 Å². The lowest BCUT2D eigenvalue weighted by Crippen LogP contribution is -2.48. The van der Waals surface area contributed by atoms with E-state index in [0.717, 1.165) is 50.0 Å². The molecule has 1 aliphatic rings. The summed E-state index contributed by atoms with van der Waals surface area (Å²) in [6, 6.07) is 28.5. The Kier molecular flexibility index (Phi) is 13.1. The predicted octanol–water partition coefficient (Wildman–Crippen LogP) is 6.19. The van der Waals surface area contributed by atoms with Gasteiger partial charge < -0.3 is 14.5 Å². The summed E-state index contributed by atoms with van der Waals surface area (Å²) in [7, 11) is -1.91. The Hall–Kier alpha value is -3.17. The van der Waals surface area contributed by atoms with Crippen LogP contribution in [0.25, 0.3) is 0 Å². The van der Waals surface area contributed by atoms with Crippen molar-refractivity contribution in [1.82, 2.24) is 14.1 Å². The maximum atomic E-state index is 13.2. The van der Waals surface area contributed by atoms with Crippen LogP contribution in [0.15, 0.2) is 109 Å². The van der Waals surface area contributed by atoms with E-state index in [1.807, 2.05) is 54.6 Å². The molecule has 0 unspecified atom stereocenters. The lowest BCUT2D eigenvalue weighted by atomic mass is 9.94. The van der Waals surface area contributed by atoms with Gasteiger partial charge in [-0.3, -0.25) is 0 Å². The number of sulfonamides is 1. The Bertz CT molecular complexity index is 1340. The monoisotopic (exact) mass is 611 g/mol. The number of amides is 1. The van der Waals surface area contributed by atoms with E-state index in [1.165, 1.54) is 4.31 Å². The molecule has 3 aromatic carbocycles. The van der Waals surface area contributed by atoms with E-state index in [1.54, 1.807) is 42.3 Å². The van der Waals surface area contributed by atoms with Crippen LogP contribution in [0.3, 0.4) is 0 Å². The van der Waals surface area contributed by atoms with Crippen molar-refractivity contribution in [2.45, 2.75) is 42.7 Å². The first-order valence-electron chi connectivity index (χ1n) is 14.3. The average molecular weight is 612 g/mol. The highest BCUT2D eigenvalue weighted by Crippen LogP contribution is 2.26. The summed E-state index contributed by atoms with van der Waals surface area (Å²) in [6.07, 6.45) is 3.98. The van der Waals surface area contributed by atoms with Gasteiger partial charge in [0.15, 0.2) is 0 Å². The summed E-state index contributed by atoms with van der Waals surface area (Å²) < 4.78 is 33.5. The predicted molar refractivity (Wildman–Crippen MR) is 170 cm³/mol. The zero-order valence-electron chi connectivity index (χ0n) is 24.3. The largest absolute Gasteiger partial charge is 0.445 e. The lowest BCUT2D eigenvalue weighted by Gasteiger charge is -2.38. The summed E-state index contributed by atoms with van der Waals surface area (Å²) >= 11 is 0. The van der Waals surface area contributed by atoms with Crippen molar-refractivity contribution in [3.05, 3.63) is 115 Å². The highest BCUT2D eigenvalue weighted by molar-refractivity contribution is 7.89. The molecule has 0 bridgehead atoms. The first-order valence-corrected chi connectivity index (χ1v) is 15.7. The minimum atomic E-state index is -3.58. The quantitative estimate of drug-likeness (QED) is 0.216. The maximum absolute atomic E-state index is 13.2. The van der Waals surface area contributed by atoms with Crippen molar-refractivity contribution in [3.8, 4) is 0 Å². The standard InChI is InChI=1S/C33H41N3O4S.ClH/c1-3-22-36(33(37)40-27-28-13-7-4-8-14-28)31-20-24-35(25-21-31)23-19-30(29-15-9-5-10-16-29)26-34(2)41(38,39)32-17-11-6-12-18-32;/h3-18,30-31H,1,19-27H2,2H3;1H/t30-;/m0./s1. The summed E-state index contributed by atoms with van der Waals surface area (Å²) in [5.74, 6) is 0.0580. The van der Waals surface area contributed by atoms with Gasteiger partial charge in [-0.2, -0.15) is 0 Å². The van der Waals surface area contributed by atoms with E-state index in [-0.39, 0.29) is 37.1 Å². The number of hydrogen-bond acceptors (Lipinski definition) is 5. The molecule has 42 heavy (non-hydrogen) atoms. The molecular formula is C33H42ClN3O4S. The lowest BCUT2D eigenvalue weighted by molar-refractivity contribution is 0.0654. The zero-order valence-corrected chi connectivity index (χ0v) is 25.9. The number of benzene rings is 3. The van der Waals surface area contributed by atoms with Gasteiger partial charge in [-0.15, -0.1) is 19.0 Å². The third-order valence-corrected chi connectivity index (χ3v) is 9.59. The topological polar surface area (TPSA) is 70.2 Å². The van der Waals surface area contributed by atoms with Crippen LogP contribution >= 0.6 is 12.4 Å². The molecule has 0 N–H and O–H groups in total. The number of carbonyl (C=O) groups excluding carboxylic acids is 1. The van der Waals surface area contributed by atoms with Crippen LogP contribution in [-0.4, -0.2) is 74.4 Å². The van der Waals surface area contributed by atoms with Crippen LogP contribution in [0.4, 0.5) is 4.79 Å². The molecule has 1 atom stereocenters. The minimum Gasteiger partial charge on any atom is -0.445 e. The number of likely N-dealkylation sites (tertiary alicyclic amines) is 1. The van der Waals surface area contributed by atoms with E-state index in [0.29, 0.717) is 18.0 Å². The molecule has 0 spiro atoms. The smallest absolute Gasteiger partial charge is 0.410 e. The first-order chi connectivity index (χ1) is 19.9. The molecule has 226 valence electrons. The van der Waals surface area contributed by atoms with Gasteiger partial charge in [0.25, 0.3) is 0 Å². The normalized spacial score (nSPS) is 15.0. The molecule has 0 saturated carbocycles. The average Bonchev–Trinajstić information content (AvgIpc) is 3.02. The molecule has 0 aromatic heterocycles. The number of nitrogens with zero attached hydrogens (tertiary/aromatic N) is 3. The van der Waals surface area contributed by atoms with E-state index < -0.39 is 10.0 Å². The summed E-state index contributed by atoms with van der Waals surface area (Å²) in [5, 5.41) is 0. The highest BCUT2D eigenvalue weighted by atomic mass is 35.5. The van der Waals surface area contributed by atoms with Crippen molar-refractivity contribution in [2.75, 3.05) is 39.8 Å². The summed E-state index contributed by atoms with van der Waals surface area (Å²) in [4.78, 5) is 17.5. The highest BCUT2D eigenvalue weighted by Gasteiger charge is 2.29. The van der Waals surface area contributed by atoms with Crippen molar-refractivity contribution in [1.29, 1.82) is 0 Å². The van der Waals surface area contributed by atoms with Crippen LogP contribution in [0.2, 0.25) is 0 Å². The van der Waals surface area contributed by atoms with Crippen LogP contribution in [0, 0.1) is 0 Å². The Morgan fingerprint density at radius 2 is 1.55 bits per heavy atom. The third kappa shape index (κ3) is 9.16. The molecule has 1 aliphatic heterocycles. The van der Waals surface area contributed by atoms with Crippen molar-refractivity contribution < 1.29 is 17.9 Å². The second-order valence-electron chi connectivity index (χ2n) is 10.5. The summed E-state index contributed by atoms with van der Waals surface area (Å²) in [5.41, 5.74) is 2.10. The molecule has 3 aromatic rings. The number of likely N-dealkylation sites (N-methyl/N-ethyl adjacent to an activating group) is 1. The van der Waals surface area contributed by atoms with Gasteiger partial charge in [0, 0.05) is 39.3 Å². The van der Waals surface area contributed by atoms with Crippen LogP contribution in [0.1, 0.15) is 36.3 Å². The van der Waals surface area contributed by atoms with Crippen molar-refractivity contribution in [3.63, 3.8) is 0 Å². The minimum absolute atomic E-state index is 0. The number of hydrogen-bond donors (Lipinski definition) is 0. The number of rotatable bonds is 13. The fraction of sp³-hybridized carbons (Fsp3) is 0.364. The second kappa shape index (κ2) is 16.5. The Morgan fingerprint density at radius 3 is 2.14 bits per heavy atom. The van der Waals surface area contributed by atoms with Crippen LogP contribution < -0.4 is 0 Å². The van der Waals surface area contributed by atoms with Crippen molar-refractivity contribution >= 4 is 28.5 Å². The third-order valence-electron chi connectivity index (χ3n) is 7.76. The molecule has 1 heterocycles. The number of halogens is 1. The molecule has 7 nitrogen and oxygen atoms in total.